The molecule has 2 aromatic rings. The van der Waals surface area contributed by atoms with E-state index in [9.17, 15) is 5.11 Å². The molecule has 2 aromatic carbocycles. The van der Waals surface area contributed by atoms with E-state index in [0.717, 1.165) is 0 Å². The summed E-state index contributed by atoms with van der Waals surface area (Å²) in [5.41, 5.74) is 0.625. The maximum Gasteiger partial charge on any atom is 0.146 e. The third-order valence-corrected chi connectivity index (χ3v) is 2.69. The number of benzene rings is 2. The Balaban J connectivity index is 2.32. The minimum absolute atomic E-state index is 0.0489. The van der Waals surface area contributed by atoms with Crippen LogP contribution in [-0.4, -0.2) is 10.2 Å². The first-order valence-corrected chi connectivity index (χ1v) is 5.70. The summed E-state index contributed by atoms with van der Waals surface area (Å²) in [5.74, 6) is -0.218. The average Bonchev–Trinajstić information content (AvgIpc) is 2.32. The zero-order chi connectivity index (χ0) is 13.1. The van der Waals surface area contributed by atoms with Crippen molar-refractivity contribution >= 4 is 34.6 Å². The zero-order valence-corrected chi connectivity index (χ0v) is 10.5. The Bertz CT molecular complexity index is 615. The summed E-state index contributed by atoms with van der Waals surface area (Å²) >= 11 is 11.7. The molecule has 0 atom stereocenters. The lowest BCUT2D eigenvalue weighted by Crippen LogP contribution is -1.70. The molecule has 4 nitrogen and oxygen atoms in total. The highest BCUT2D eigenvalue weighted by Gasteiger charge is 2.03. The number of phenols is 2. The third kappa shape index (κ3) is 2.91. The van der Waals surface area contributed by atoms with Gasteiger partial charge in [-0.2, -0.15) is 0 Å². The highest BCUT2D eigenvalue weighted by molar-refractivity contribution is 6.35. The van der Waals surface area contributed by atoms with Crippen LogP contribution in [-0.2, 0) is 0 Å². The summed E-state index contributed by atoms with van der Waals surface area (Å²) in [7, 11) is 0. The Morgan fingerprint density at radius 3 is 2.28 bits per heavy atom. The fourth-order valence-corrected chi connectivity index (χ4v) is 1.59. The Morgan fingerprint density at radius 2 is 1.56 bits per heavy atom. The van der Waals surface area contributed by atoms with Gasteiger partial charge >= 0.3 is 0 Å². The molecule has 92 valence electrons. The number of halogens is 2. The lowest BCUT2D eigenvalue weighted by molar-refractivity contribution is 0.451. The largest absolute Gasteiger partial charge is 0.508 e. The van der Waals surface area contributed by atoms with Gasteiger partial charge in [0.2, 0.25) is 0 Å². The van der Waals surface area contributed by atoms with Crippen LogP contribution in [0.2, 0.25) is 10.0 Å². The van der Waals surface area contributed by atoms with E-state index in [1.165, 1.54) is 18.2 Å². The second-order valence-electron chi connectivity index (χ2n) is 3.47. The second kappa shape index (κ2) is 5.25. The van der Waals surface area contributed by atoms with Gasteiger partial charge in [-0.1, -0.05) is 23.2 Å². The van der Waals surface area contributed by atoms with E-state index in [0.29, 0.717) is 15.7 Å². The van der Waals surface area contributed by atoms with Crippen LogP contribution in [0.4, 0.5) is 11.4 Å². The van der Waals surface area contributed by atoms with E-state index in [2.05, 4.69) is 10.2 Å². The normalized spacial score (nSPS) is 11.0. The number of aromatic hydroxyl groups is 2. The van der Waals surface area contributed by atoms with Crippen LogP contribution in [0.3, 0.4) is 0 Å². The highest BCUT2D eigenvalue weighted by Crippen LogP contribution is 2.33. The Morgan fingerprint density at radius 1 is 0.833 bits per heavy atom. The molecule has 0 fully saturated rings. The molecule has 2 N–H and O–H groups in total. The molecule has 6 heteroatoms. The van der Waals surface area contributed by atoms with E-state index in [4.69, 9.17) is 28.3 Å². The molecule has 18 heavy (non-hydrogen) atoms. The van der Waals surface area contributed by atoms with Crippen molar-refractivity contribution < 1.29 is 10.2 Å². The molecule has 0 aliphatic heterocycles. The molecule has 0 aliphatic rings. The van der Waals surface area contributed by atoms with Gasteiger partial charge in [-0.25, -0.2) is 0 Å². The third-order valence-electron chi connectivity index (χ3n) is 2.13. The summed E-state index contributed by atoms with van der Waals surface area (Å²) in [5, 5.41) is 27.3. The van der Waals surface area contributed by atoms with E-state index >= 15 is 0 Å². The van der Waals surface area contributed by atoms with Crippen molar-refractivity contribution in [1.82, 2.24) is 0 Å². The number of rotatable bonds is 2. The molecule has 0 saturated carbocycles. The van der Waals surface area contributed by atoms with Gasteiger partial charge in [-0.05, 0) is 30.3 Å². The molecule has 0 unspecified atom stereocenters. The van der Waals surface area contributed by atoms with Gasteiger partial charge in [-0.15, -0.1) is 10.2 Å². The minimum Gasteiger partial charge on any atom is -0.508 e. The molecule has 0 bridgehead atoms. The lowest BCUT2D eigenvalue weighted by atomic mass is 10.3. The summed E-state index contributed by atoms with van der Waals surface area (Å²) < 4.78 is 0. The Labute approximate surface area is 113 Å². The number of hydrogen-bond acceptors (Lipinski definition) is 4. The van der Waals surface area contributed by atoms with Crippen molar-refractivity contribution in [2.24, 2.45) is 10.2 Å². The molecule has 0 radical (unpaired) electrons. The molecule has 0 aromatic heterocycles. The average molecular weight is 283 g/mol. The van der Waals surface area contributed by atoms with Crippen molar-refractivity contribution in [3.8, 4) is 11.5 Å². The van der Waals surface area contributed by atoms with E-state index in [1.54, 1.807) is 18.2 Å². The van der Waals surface area contributed by atoms with Gasteiger partial charge in [0.25, 0.3) is 0 Å². The zero-order valence-electron chi connectivity index (χ0n) is 9.01. The fourth-order valence-electron chi connectivity index (χ4n) is 1.27. The first-order valence-electron chi connectivity index (χ1n) is 4.95. The second-order valence-corrected chi connectivity index (χ2v) is 4.31. The molecular weight excluding hydrogens is 275 g/mol. The van der Waals surface area contributed by atoms with Gasteiger partial charge in [-0.3, -0.25) is 0 Å². The van der Waals surface area contributed by atoms with Gasteiger partial charge in [0.05, 0.1) is 5.02 Å². The van der Waals surface area contributed by atoms with E-state index in [-0.39, 0.29) is 17.2 Å². The molecule has 0 amide bonds. The SMILES string of the molecule is Oc1ccc(/N=N/c2cc(Cl)ccc2Cl)c(O)c1. The molecule has 0 aliphatic carbocycles. The van der Waals surface area contributed by atoms with Crippen molar-refractivity contribution in [3.05, 3.63) is 46.4 Å². The van der Waals surface area contributed by atoms with E-state index in [1.807, 2.05) is 0 Å². The number of hydrogen-bond donors (Lipinski definition) is 2. The summed E-state index contributed by atoms with van der Waals surface area (Å²) in [4.78, 5) is 0. The monoisotopic (exact) mass is 282 g/mol. The number of azo groups is 1. The van der Waals surface area contributed by atoms with Crippen LogP contribution >= 0.6 is 23.2 Å². The first kappa shape index (κ1) is 12.7. The smallest absolute Gasteiger partial charge is 0.146 e. The highest BCUT2D eigenvalue weighted by atomic mass is 35.5. The van der Waals surface area contributed by atoms with Gasteiger partial charge in [0.1, 0.15) is 22.9 Å². The number of phenolic OH excluding ortho intramolecular Hbond substituents is 2. The van der Waals surface area contributed by atoms with Crippen LogP contribution in [0.15, 0.2) is 46.6 Å². The van der Waals surface area contributed by atoms with Crippen LogP contribution < -0.4 is 0 Å². The summed E-state index contributed by atoms with van der Waals surface area (Å²) in [6, 6.07) is 8.81. The topological polar surface area (TPSA) is 65.2 Å². The molecule has 0 heterocycles. The standard InChI is InChI=1S/C12H8Cl2N2O2/c13-7-1-3-9(14)11(5-7)16-15-10-4-2-8(17)6-12(10)18/h1-6,17-18H/b16-15+. The maximum atomic E-state index is 9.52. The van der Waals surface area contributed by atoms with Crippen molar-refractivity contribution in [2.75, 3.05) is 0 Å². The molecule has 0 spiro atoms. The molecule has 0 saturated heterocycles. The molecular formula is C12H8Cl2N2O2. The summed E-state index contributed by atoms with van der Waals surface area (Å²) in [6.07, 6.45) is 0. The Kier molecular flexibility index (Phi) is 3.69. The quantitative estimate of drug-likeness (QED) is 0.776. The van der Waals surface area contributed by atoms with Crippen LogP contribution in [0.5, 0.6) is 11.5 Å². The Hall–Kier alpha value is -1.78. The van der Waals surface area contributed by atoms with Gasteiger partial charge < -0.3 is 10.2 Å². The minimum atomic E-state index is -0.170. The molecule has 2 rings (SSSR count). The predicted octanol–water partition coefficient (Wildman–Crippen LogP) is 4.82. The van der Waals surface area contributed by atoms with Crippen molar-refractivity contribution in [2.45, 2.75) is 0 Å². The van der Waals surface area contributed by atoms with Gasteiger partial charge in [0.15, 0.2) is 0 Å². The van der Waals surface area contributed by atoms with Crippen LogP contribution in [0, 0.1) is 0 Å². The van der Waals surface area contributed by atoms with E-state index < -0.39 is 0 Å². The maximum absolute atomic E-state index is 9.52. The number of nitrogens with zero attached hydrogens (tertiary/aromatic N) is 2. The van der Waals surface area contributed by atoms with Crippen molar-refractivity contribution in [1.29, 1.82) is 0 Å². The predicted molar refractivity (Wildman–Crippen MR) is 70.4 cm³/mol. The van der Waals surface area contributed by atoms with Crippen LogP contribution in [0.1, 0.15) is 0 Å². The van der Waals surface area contributed by atoms with Gasteiger partial charge in [0, 0.05) is 11.1 Å². The van der Waals surface area contributed by atoms with Crippen molar-refractivity contribution in [3.63, 3.8) is 0 Å². The first-order chi connectivity index (χ1) is 8.56. The summed E-state index contributed by atoms with van der Waals surface area (Å²) in [6.45, 7) is 0. The van der Waals surface area contributed by atoms with Crippen LogP contribution in [0.25, 0.3) is 0 Å². The fraction of sp³-hybridized carbons (Fsp3) is 0. The lowest BCUT2D eigenvalue weighted by Gasteiger charge is -1.99.